The van der Waals surface area contributed by atoms with Crippen molar-refractivity contribution in [1.29, 1.82) is 0 Å². The summed E-state index contributed by atoms with van der Waals surface area (Å²) in [5.41, 5.74) is 1.44. The van der Waals surface area contributed by atoms with Gasteiger partial charge >= 0.3 is 12.4 Å². The van der Waals surface area contributed by atoms with Crippen LogP contribution in [0.15, 0.2) is 65.7 Å². The van der Waals surface area contributed by atoms with Crippen LogP contribution in [-0.2, 0) is 21.2 Å². The molecule has 1 aliphatic heterocycles. The topological polar surface area (TPSA) is 139 Å². The molecule has 1 fully saturated rings. The first-order valence-electron chi connectivity index (χ1n) is 13.4. The van der Waals surface area contributed by atoms with E-state index >= 15 is 0 Å². The number of nitrogens with zero attached hydrogens (tertiary/aromatic N) is 3. The monoisotopic (exact) mass is 618 g/mol. The van der Waals surface area contributed by atoms with Gasteiger partial charge in [0.1, 0.15) is 17.4 Å². The van der Waals surface area contributed by atoms with Gasteiger partial charge in [-0.1, -0.05) is 30.3 Å². The Morgan fingerprint density at radius 2 is 1.88 bits per heavy atom. The van der Waals surface area contributed by atoms with Gasteiger partial charge in [-0.3, -0.25) is 4.79 Å². The Labute approximate surface area is 245 Å². The fourth-order valence-corrected chi connectivity index (χ4v) is 5.88. The molecule has 0 radical (unpaired) electrons. The molecule has 2 aromatic heterocycles. The third kappa shape index (κ3) is 7.66. The first kappa shape index (κ1) is 29.9. The van der Waals surface area contributed by atoms with Crippen LogP contribution >= 0.6 is 0 Å². The summed E-state index contributed by atoms with van der Waals surface area (Å²) in [6.45, 7) is 1.24. The minimum Gasteiger partial charge on any atom is -0.467 e. The molecule has 5 rings (SSSR count). The van der Waals surface area contributed by atoms with Crippen molar-refractivity contribution in [2.75, 3.05) is 37.0 Å². The third-order valence-corrected chi connectivity index (χ3v) is 8.17. The number of sulfonamides is 1. The van der Waals surface area contributed by atoms with Gasteiger partial charge < -0.3 is 24.7 Å². The molecular formula is C28H29F3N6O5S. The van der Waals surface area contributed by atoms with Crippen LogP contribution in [0.5, 0.6) is 11.8 Å². The lowest BCUT2D eigenvalue weighted by Crippen LogP contribution is -2.45. The zero-order valence-corrected chi connectivity index (χ0v) is 23.8. The lowest BCUT2D eigenvalue weighted by Gasteiger charge is -2.33. The average molecular weight is 619 g/mol. The molecule has 1 amide bonds. The zero-order chi connectivity index (χ0) is 30.6. The lowest BCUT2D eigenvalue weighted by atomic mass is 9.97. The van der Waals surface area contributed by atoms with E-state index in [9.17, 15) is 26.4 Å². The molecule has 0 bridgehead atoms. The Morgan fingerprint density at radius 3 is 2.60 bits per heavy atom. The van der Waals surface area contributed by atoms with E-state index in [-0.39, 0.29) is 23.3 Å². The number of alkyl halides is 3. The maximum atomic E-state index is 13.1. The van der Waals surface area contributed by atoms with E-state index in [1.165, 1.54) is 25.3 Å². The number of rotatable bonds is 10. The second-order valence-electron chi connectivity index (χ2n) is 9.94. The lowest BCUT2D eigenvalue weighted by molar-refractivity contribution is -0.274. The number of nitrogens with one attached hydrogen (secondary N) is 3. The summed E-state index contributed by atoms with van der Waals surface area (Å²) in [4.78, 5) is 26.5. The molecule has 0 aliphatic carbocycles. The predicted octanol–water partition coefficient (Wildman–Crippen LogP) is 4.24. The number of fused-ring (bicyclic) bond motifs is 1. The Balaban J connectivity index is 1.21. The number of halogens is 3. The van der Waals surface area contributed by atoms with E-state index in [2.05, 4.69) is 29.7 Å². The maximum absolute atomic E-state index is 13.1. The van der Waals surface area contributed by atoms with Crippen LogP contribution in [-0.4, -0.2) is 62.4 Å². The summed E-state index contributed by atoms with van der Waals surface area (Å²) in [6.07, 6.45) is -3.12. The van der Waals surface area contributed by atoms with Crippen LogP contribution in [0.25, 0.3) is 10.9 Å². The van der Waals surface area contributed by atoms with Gasteiger partial charge in [-0.2, -0.15) is 18.4 Å². The number of hydrogen-bond acceptors (Lipinski definition) is 9. The van der Waals surface area contributed by atoms with E-state index in [4.69, 9.17) is 4.74 Å². The Kier molecular flexibility index (Phi) is 8.62. The number of ether oxygens (including phenoxy) is 2. The number of para-hydroxylation sites is 1. The second kappa shape index (κ2) is 12.4. The molecule has 3 heterocycles. The molecule has 2 aromatic carbocycles. The van der Waals surface area contributed by atoms with Crippen molar-refractivity contribution in [3.63, 3.8) is 0 Å². The molecule has 15 heteroatoms. The van der Waals surface area contributed by atoms with Gasteiger partial charge in [0.2, 0.25) is 5.91 Å². The summed E-state index contributed by atoms with van der Waals surface area (Å²) < 4.78 is 74.4. The van der Waals surface area contributed by atoms with Gasteiger partial charge in [-0.15, -0.1) is 13.2 Å². The van der Waals surface area contributed by atoms with Crippen molar-refractivity contribution >= 4 is 38.5 Å². The highest BCUT2D eigenvalue weighted by molar-refractivity contribution is 7.90. The van der Waals surface area contributed by atoms with Crippen molar-refractivity contribution in [3.8, 4) is 11.8 Å². The first-order chi connectivity index (χ1) is 20.5. The SMILES string of the molecule is COc1nc(NCCc2ccc(OC(F)(F)F)cc2)cc(N2CCCC(C(=O)NS(=O)(=O)c3cc4ccccc4[nH]3)C2)n1. The molecule has 3 N–H and O–H groups in total. The van der Waals surface area contributed by atoms with E-state index in [0.29, 0.717) is 49.5 Å². The fourth-order valence-electron chi connectivity index (χ4n) is 4.81. The average Bonchev–Trinajstić information content (AvgIpc) is 3.43. The van der Waals surface area contributed by atoms with Crippen molar-refractivity contribution < 1.29 is 35.9 Å². The predicted molar refractivity (Wildman–Crippen MR) is 152 cm³/mol. The van der Waals surface area contributed by atoms with E-state index < -0.39 is 28.2 Å². The number of aromatic nitrogens is 3. The highest BCUT2D eigenvalue weighted by Gasteiger charge is 2.32. The largest absolute Gasteiger partial charge is 0.573 e. The van der Waals surface area contributed by atoms with Crippen LogP contribution in [0.1, 0.15) is 18.4 Å². The van der Waals surface area contributed by atoms with Gasteiger partial charge in [0, 0.05) is 36.6 Å². The molecule has 228 valence electrons. The van der Waals surface area contributed by atoms with Crippen LogP contribution in [0.2, 0.25) is 0 Å². The van der Waals surface area contributed by atoms with Crippen LogP contribution in [0.4, 0.5) is 24.8 Å². The number of H-pyrrole nitrogens is 1. The molecule has 1 aliphatic rings. The number of amides is 1. The van der Waals surface area contributed by atoms with E-state index in [1.807, 2.05) is 4.90 Å². The maximum Gasteiger partial charge on any atom is 0.573 e. The van der Waals surface area contributed by atoms with Crippen LogP contribution < -0.4 is 24.4 Å². The number of anilines is 2. The number of carbonyl (C=O) groups is 1. The Morgan fingerprint density at radius 1 is 1.12 bits per heavy atom. The van der Waals surface area contributed by atoms with Crippen molar-refractivity contribution in [2.45, 2.75) is 30.7 Å². The number of carbonyl (C=O) groups excluding carboxylic acids is 1. The first-order valence-corrected chi connectivity index (χ1v) is 14.9. The van der Waals surface area contributed by atoms with Crippen molar-refractivity contribution in [2.24, 2.45) is 5.92 Å². The third-order valence-electron chi connectivity index (χ3n) is 6.90. The molecule has 1 atom stereocenters. The zero-order valence-electron chi connectivity index (χ0n) is 23.0. The van der Waals surface area contributed by atoms with Crippen molar-refractivity contribution in [3.05, 3.63) is 66.2 Å². The number of aromatic amines is 1. The van der Waals surface area contributed by atoms with Gasteiger partial charge in [-0.05, 0) is 49.1 Å². The fraction of sp³-hybridized carbons (Fsp3) is 0.321. The summed E-state index contributed by atoms with van der Waals surface area (Å²) in [6, 6.07) is 16.0. The molecule has 0 saturated carbocycles. The molecule has 0 spiro atoms. The summed E-state index contributed by atoms with van der Waals surface area (Å²) in [7, 11) is -2.67. The summed E-state index contributed by atoms with van der Waals surface area (Å²) in [5, 5.41) is 3.79. The summed E-state index contributed by atoms with van der Waals surface area (Å²) >= 11 is 0. The minimum absolute atomic E-state index is 0.0865. The molecule has 4 aromatic rings. The quantitative estimate of drug-likeness (QED) is 0.238. The molecule has 43 heavy (non-hydrogen) atoms. The minimum atomic E-state index is -4.75. The highest BCUT2D eigenvalue weighted by atomic mass is 32.2. The smallest absolute Gasteiger partial charge is 0.467 e. The Bertz CT molecular complexity index is 1660. The van der Waals surface area contributed by atoms with Gasteiger partial charge in [-0.25, -0.2) is 4.72 Å². The van der Waals surface area contributed by atoms with Crippen molar-refractivity contribution in [1.82, 2.24) is 19.7 Å². The van der Waals surface area contributed by atoms with Crippen LogP contribution in [0.3, 0.4) is 0 Å². The molecular weight excluding hydrogens is 589 g/mol. The number of methoxy groups -OCH3 is 1. The number of benzene rings is 2. The van der Waals surface area contributed by atoms with Gasteiger partial charge in [0.15, 0.2) is 5.03 Å². The molecule has 1 saturated heterocycles. The molecule has 11 nitrogen and oxygen atoms in total. The summed E-state index contributed by atoms with van der Waals surface area (Å²) in [5.74, 6) is -0.548. The standard InChI is InChI=1S/C28H29F3N6O5S/c1-41-27-34-23(32-13-12-18-8-10-21(11-9-18)42-28(29,30)31)16-24(35-27)37-14-4-6-20(17-37)26(38)36-43(39,40)25-15-19-5-2-3-7-22(19)33-25/h2-3,5,7-11,15-16,20,33H,4,6,12-14,17H2,1H3,(H,36,38)(H,32,34,35). The van der Waals surface area contributed by atoms with Crippen LogP contribution in [0, 0.1) is 5.92 Å². The molecule has 1 unspecified atom stereocenters. The highest BCUT2D eigenvalue weighted by Crippen LogP contribution is 2.27. The number of piperidine rings is 1. The Hall–Kier alpha value is -4.53. The number of hydrogen-bond donors (Lipinski definition) is 3. The normalized spacial score (nSPS) is 15.7. The van der Waals surface area contributed by atoms with Gasteiger partial charge in [0.25, 0.3) is 10.0 Å². The van der Waals surface area contributed by atoms with E-state index in [0.717, 1.165) is 10.9 Å². The van der Waals surface area contributed by atoms with Gasteiger partial charge in [0.05, 0.1) is 13.0 Å². The second-order valence-corrected chi connectivity index (χ2v) is 11.6. The van der Waals surface area contributed by atoms with E-state index in [1.54, 1.807) is 42.5 Å².